The molecule has 0 unspecified atom stereocenters. The lowest BCUT2D eigenvalue weighted by molar-refractivity contribution is 0.415. The molecule has 0 aromatic heterocycles. The van der Waals surface area contributed by atoms with E-state index in [1.165, 1.54) is 24.8 Å². The molecule has 0 radical (unpaired) electrons. The van der Waals surface area contributed by atoms with Gasteiger partial charge in [-0.3, -0.25) is 0 Å². The van der Waals surface area contributed by atoms with Gasteiger partial charge in [0.15, 0.2) is 0 Å². The molecule has 0 atom stereocenters. The SMILES string of the molecule is COc1ccc(CCCCCNCC(C)C)cc1Cl. The number of ether oxygens (including phenoxy) is 1. The fourth-order valence-electron chi connectivity index (χ4n) is 2.01. The molecule has 1 rings (SSSR count). The van der Waals surface area contributed by atoms with E-state index in [9.17, 15) is 0 Å². The van der Waals surface area contributed by atoms with E-state index in [1.807, 2.05) is 12.1 Å². The van der Waals surface area contributed by atoms with Crippen LogP contribution in [-0.4, -0.2) is 20.2 Å². The molecule has 1 N–H and O–H groups in total. The summed E-state index contributed by atoms with van der Waals surface area (Å²) in [5.41, 5.74) is 1.29. The Morgan fingerprint density at radius 3 is 2.63 bits per heavy atom. The molecule has 0 aliphatic rings. The number of unbranched alkanes of at least 4 members (excludes halogenated alkanes) is 2. The highest BCUT2D eigenvalue weighted by atomic mass is 35.5. The van der Waals surface area contributed by atoms with Crippen molar-refractivity contribution in [3.63, 3.8) is 0 Å². The quantitative estimate of drug-likeness (QED) is 0.682. The van der Waals surface area contributed by atoms with Gasteiger partial charge < -0.3 is 10.1 Å². The number of hydrogen-bond donors (Lipinski definition) is 1. The minimum absolute atomic E-state index is 0.707. The molecule has 0 saturated carbocycles. The average molecular weight is 284 g/mol. The maximum Gasteiger partial charge on any atom is 0.137 e. The Morgan fingerprint density at radius 2 is 2.00 bits per heavy atom. The smallest absolute Gasteiger partial charge is 0.137 e. The Balaban J connectivity index is 2.14. The van der Waals surface area contributed by atoms with Crippen molar-refractivity contribution in [1.82, 2.24) is 5.32 Å². The van der Waals surface area contributed by atoms with Crippen LogP contribution in [-0.2, 0) is 6.42 Å². The molecule has 0 aliphatic heterocycles. The third-order valence-corrected chi connectivity index (χ3v) is 3.38. The van der Waals surface area contributed by atoms with E-state index in [1.54, 1.807) is 7.11 Å². The molecule has 0 amide bonds. The second-order valence-corrected chi connectivity index (χ2v) is 5.78. The molecule has 1 aromatic carbocycles. The van der Waals surface area contributed by atoms with Crippen molar-refractivity contribution < 1.29 is 4.74 Å². The van der Waals surface area contributed by atoms with Gasteiger partial charge in [-0.05, 0) is 56.0 Å². The molecule has 3 heteroatoms. The first-order valence-electron chi connectivity index (χ1n) is 7.16. The first-order valence-corrected chi connectivity index (χ1v) is 7.54. The first kappa shape index (κ1) is 16.3. The van der Waals surface area contributed by atoms with E-state index < -0.39 is 0 Å². The van der Waals surface area contributed by atoms with E-state index in [0.29, 0.717) is 5.02 Å². The summed E-state index contributed by atoms with van der Waals surface area (Å²) >= 11 is 6.11. The summed E-state index contributed by atoms with van der Waals surface area (Å²) in [6.45, 7) is 6.72. The molecule has 108 valence electrons. The summed E-state index contributed by atoms with van der Waals surface area (Å²) in [5, 5.41) is 4.18. The van der Waals surface area contributed by atoms with Crippen LogP contribution in [0, 0.1) is 5.92 Å². The molecule has 2 nitrogen and oxygen atoms in total. The largest absolute Gasteiger partial charge is 0.495 e. The highest BCUT2D eigenvalue weighted by molar-refractivity contribution is 6.32. The summed E-state index contributed by atoms with van der Waals surface area (Å²) in [5.74, 6) is 1.49. The van der Waals surface area contributed by atoms with E-state index in [0.717, 1.165) is 31.2 Å². The minimum atomic E-state index is 0.707. The molecule has 0 aliphatic carbocycles. The van der Waals surface area contributed by atoms with Crippen LogP contribution in [0.25, 0.3) is 0 Å². The number of halogens is 1. The summed E-state index contributed by atoms with van der Waals surface area (Å²) in [7, 11) is 1.64. The van der Waals surface area contributed by atoms with Gasteiger partial charge in [-0.1, -0.05) is 37.9 Å². The molecule has 1 aromatic rings. The fraction of sp³-hybridized carbons (Fsp3) is 0.625. The van der Waals surface area contributed by atoms with Crippen molar-refractivity contribution in [3.05, 3.63) is 28.8 Å². The molecule has 0 bridgehead atoms. The highest BCUT2D eigenvalue weighted by Crippen LogP contribution is 2.25. The van der Waals surface area contributed by atoms with E-state index in [-0.39, 0.29) is 0 Å². The van der Waals surface area contributed by atoms with E-state index >= 15 is 0 Å². The predicted octanol–water partition coefficient (Wildman–Crippen LogP) is 4.31. The van der Waals surface area contributed by atoms with E-state index in [2.05, 4.69) is 25.2 Å². The second kappa shape index (κ2) is 9.22. The number of nitrogens with one attached hydrogen (secondary N) is 1. The number of benzene rings is 1. The third kappa shape index (κ3) is 6.84. The van der Waals surface area contributed by atoms with Gasteiger partial charge in [0, 0.05) is 0 Å². The van der Waals surface area contributed by atoms with Crippen molar-refractivity contribution in [1.29, 1.82) is 0 Å². The molecule has 0 fully saturated rings. The van der Waals surface area contributed by atoms with Gasteiger partial charge in [0.05, 0.1) is 12.1 Å². The van der Waals surface area contributed by atoms with Crippen molar-refractivity contribution in [2.24, 2.45) is 5.92 Å². The number of rotatable bonds is 9. The van der Waals surface area contributed by atoms with Gasteiger partial charge in [0.2, 0.25) is 0 Å². The van der Waals surface area contributed by atoms with Gasteiger partial charge in [-0.15, -0.1) is 0 Å². The summed E-state index contributed by atoms with van der Waals surface area (Å²) < 4.78 is 5.15. The Kier molecular flexibility index (Phi) is 7.92. The van der Waals surface area contributed by atoms with Crippen LogP contribution < -0.4 is 10.1 Å². The van der Waals surface area contributed by atoms with Crippen LogP contribution in [0.1, 0.15) is 38.7 Å². The fourth-order valence-corrected chi connectivity index (χ4v) is 2.29. The zero-order chi connectivity index (χ0) is 14.1. The van der Waals surface area contributed by atoms with Crippen LogP contribution >= 0.6 is 11.6 Å². The Morgan fingerprint density at radius 1 is 1.21 bits per heavy atom. The Hall–Kier alpha value is -0.730. The molecule has 0 spiro atoms. The van der Waals surface area contributed by atoms with Crippen LogP contribution in [0.3, 0.4) is 0 Å². The molecule has 19 heavy (non-hydrogen) atoms. The van der Waals surface area contributed by atoms with Gasteiger partial charge in [-0.25, -0.2) is 0 Å². The lowest BCUT2D eigenvalue weighted by atomic mass is 10.1. The lowest BCUT2D eigenvalue weighted by Gasteiger charge is -2.08. The first-order chi connectivity index (χ1) is 9.13. The molecular weight excluding hydrogens is 258 g/mol. The van der Waals surface area contributed by atoms with Crippen LogP contribution in [0.2, 0.25) is 5.02 Å². The zero-order valence-electron chi connectivity index (χ0n) is 12.3. The maximum absolute atomic E-state index is 6.11. The standard InChI is InChI=1S/C16H26ClNO/c1-13(2)12-18-10-6-4-5-7-14-8-9-16(19-3)15(17)11-14/h8-9,11,13,18H,4-7,10,12H2,1-3H3. The van der Waals surface area contributed by atoms with Gasteiger partial charge in [0.25, 0.3) is 0 Å². The average Bonchev–Trinajstić information content (AvgIpc) is 2.37. The monoisotopic (exact) mass is 283 g/mol. The number of hydrogen-bond acceptors (Lipinski definition) is 2. The van der Waals surface area contributed by atoms with Crippen molar-refractivity contribution in [2.75, 3.05) is 20.2 Å². The van der Waals surface area contributed by atoms with Gasteiger partial charge >= 0.3 is 0 Å². The van der Waals surface area contributed by atoms with Crippen LogP contribution in [0.4, 0.5) is 0 Å². The Bertz CT molecular complexity index is 366. The van der Waals surface area contributed by atoms with Crippen molar-refractivity contribution >= 4 is 11.6 Å². The van der Waals surface area contributed by atoms with E-state index in [4.69, 9.17) is 16.3 Å². The topological polar surface area (TPSA) is 21.3 Å². The number of aryl methyl sites for hydroxylation is 1. The van der Waals surface area contributed by atoms with Crippen molar-refractivity contribution in [2.45, 2.75) is 39.5 Å². The van der Waals surface area contributed by atoms with Gasteiger partial charge in [-0.2, -0.15) is 0 Å². The van der Waals surface area contributed by atoms with Crippen molar-refractivity contribution in [3.8, 4) is 5.75 Å². The molecular formula is C16H26ClNO. The van der Waals surface area contributed by atoms with Gasteiger partial charge in [0.1, 0.15) is 5.75 Å². The second-order valence-electron chi connectivity index (χ2n) is 5.38. The third-order valence-electron chi connectivity index (χ3n) is 3.09. The van der Waals surface area contributed by atoms with Crippen LogP contribution in [0.5, 0.6) is 5.75 Å². The molecule has 0 heterocycles. The number of methoxy groups -OCH3 is 1. The zero-order valence-corrected chi connectivity index (χ0v) is 13.1. The summed E-state index contributed by atoms with van der Waals surface area (Å²) in [4.78, 5) is 0. The summed E-state index contributed by atoms with van der Waals surface area (Å²) in [6, 6.07) is 6.06. The summed E-state index contributed by atoms with van der Waals surface area (Å²) in [6.07, 6.45) is 4.81. The normalized spacial score (nSPS) is 11.0. The highest BCUT2D eigenvalue weighted by Gasteiger charge is 2.01. The maximum atomic E-state index is 6.11. The minimum Gasteiger partial charge on any atom is -0.495 e. The molecule has 0 saturated heterocycles. The lowest BCUT2D eigenvalue weighted by Crippen LogP contribution is -2.20. The van der Waals surface area contributed by atoms with Crippen LogP contribution in [0.15, 0.2) is 18.2 Å². The predicted molar refractivity (Wildman–Crippen MR) is 83.3 cm³/mol. The Labute approximate surface area is 122 Å².